The van der Waals surface area contributed by atoms with Crippen molar-refractivity contribution in [3.05, 3.63) is 28.5 Å². The average Bonchev–Trinajstić information content (AvgIpc) is 2.28. The van der Waals surface area contributed by atoms with Crippen LogP contribution in [0.15, 0.2) is 12.3 Å². The van der Waals surface area contributed by atoms with Gasteiger partial charge in [-0.2, -0.15) is 0 Å². The van der Waals surface area contributed by atoms with Crippen molar-refractivity contribution in [1.29, 1.82) is 0 Å². The summed E-state index contributed by atoms with van der Waals surface area (Å²) in [4.78, 5) is 17.8. The standard InChI is InChI=1S/C12H18ClN3O/c1-9-7-11(13)10(8-15-9)12(17)16(3)6-4-5-14-2/h7-8,14H,4-6H2,1-3H3. The molecule has 1 rings (SSSR count). The summed E-state index contributed by atoms with van der Waals surface area (Å²) in [5, 5.41) is 3.51. The van der Waals surface area contributed by atoms with Crippen LogP contribution in [0.3, 0.4) is 0 Å². The van der Waals surface area contributed by atoms with Crippen LogP contribution >= 0.6 is 11.6 Å². The molecule has 0 radical (unpaired) electrons. The Morgan fingerprint density at radius 2 is 2.29 bits per heavy atom. The molecule has 0 saturated heterocycles. The Kier molecular flexibility index (Phi) is 5.38. The van der Waals surface area contributed by atoms with E-state index in [9.17, 15) is 4.79 Å². The van der Waals surface area contributed by atoms with Crippen molar-refractivity contribution < 1.29 is 4.79 Å². The fourth-order valence-corrected chi connectivity index (χ4v) is 1.77. The third kappa shape index (κ3) is 3.98. The summed E-state index contributed by atoms with van der Waals surface area (Å²) in [6, 6.07) is 1.70. The van der Waals surface area contributed by atoms with Gasteiger partial charge in [0.05, 0.1) is 10.6 Å². The van der Waals surface area contributed by atoms with Crippen molar-refractivity contribution >= 4 is 17.5 Å². The summed E-state index contributed by atoms with van der Waals surface area (Å²) in [5.74, 6) is -0.0846. The number of pyridine rings is 1. The molecule has 0 spiro atoms. The van der Waals surface area contributed by atoms with Crippen LogP contribution < -0.4 is 5.32 Å². The van der Waals surface area contributed by atoms with Gasteiger partial charge in [0.2, 0.25) is 0 Å². The molecular formula is C12H18ClN3O. The molecule has 0 aliphatic carbocycles. The van der Waals surface area contributed by atoms with Gasteiger partial charge in [0.1, 0.15) is 0 Å². The van der Waals surface area contributed by atoms with Crippen LogP contribution in [0.4, 0.5) is 0 Å². The molecule has 0 aliphatic heterocycles. The van der Waals surface area contributed by atoms with Crippen LogP contribution in [0.1, 0.15) is 22.5 Å². The number of carbonyl (C=O) groups is 1. The van der Waals surface area contributed by atoms with Gasteiger partial charge in [-0.05, 0) is 33.0 Å². The highest BCUT2D eigenvalue weighted by Gasteiger charge is 2.15. The van der Waals surface area contributed by atoms with E-state index in [0.717, 1.165) is 18.7 Å². The Balaban J connectivity index is 2.68. The van der Waals surface area contributed by atoms with Gasteiger partial charge >= 0.3 is 0 Å². The molecule has 1 N–H and O–H groups in total. The number of hydrogen-bond donors (Lipinski definition) is 1. The molecule has 1 aromatic rings. The zero-order chi connectivity index (χ0) is 12.8. The van der Waals surface area contributed by atoms with E-state index < -0.39 is 0 Å². The lowest BCUT2D eigenvalue weighted by Gasteiger charge is -2.17. The third-order valence-corrected chi connectivity index (χ3v) is 2.80. The van der Waals surface area contributed by atoms with E-state index in [1.165, 1.54) is 6.20 Å². The first-order valence-corrected chi connectivity index (χ1v) is 5.96. The minimum atomic E-state index is -0.0846. The average molecular weight is 256 g/mol. The molecule has 4 nitrogen and oxygen atoms in total. The summed E-state index contributed by atoms with van der Waals surface area (Å²) in [6.07, 6.45) is 2.45. The fourth-order valence-electron chi connectivity index (χ4n) is 1.48. The lowest BCUT2D eigenvalue weighted by Crippen LogP contribution is -2.29. The summed E-state index contributed by atoms with van der Waals surface area (Å²) >= 11 is 6.03. The predicted molar refractivity (Wildman–Crippen MR) is 69.5 cm³/mol. The molecule has 1 amide bonds. The number of amides is 1. The van der Waals surface area contributed by atoms with Gasteiger partial charge in [-0.15, -0.1) is 0 Å². The van der Waals surface area contributed by atoms with Gasteiger partial charge in [-0.1, -0.05) is 11.6 Å². The van der Waals surface area contributed by atoms with E-state index in [1.54, 1.807) is 18.0 Å². The van der Waals surface area contributed by atoms with Crippen molar-refractivity contribution in [2.24, 2.45) is 0 Å². The molecular weight excluding hydrogens is 238 g/mol. The molecule has 0 fully saturated rings. The second kappa shape index (κ2) is 6.57. The normalized spacial score (nSPS) is 10.4. The topological polar surface area (TPSA) is 45.2 Å². The lowest BCUT2D eigenvalue weighted by molar-refractivity contribution is 0.0793. The van der Waals surface area contributed by atoms with Gasteiger partial charge in [-0.3, -0.25) is 9.78 Å². The molecule has 1 heterocycles. The SMILES string of the molecule is CNCCCN(C)C(=O)c1cnc(C)cc1Cl. The second-order valence-electron chi connectivity index (χ2n) is 3.99. The molecule has 0 unspecified atom stereocenters. The predicted octanol–water partition coefficient (Wildman–Crippen LogP) is 1.72. The minimum Gasteiger partial charge on any atom is -0.342 e. The van der Waals surface area contributed by atoms with Gasteiger partial charge in [0.15, 0.2) is 0 Å². The van der Waals surface area contributed by atoms with Crippen LogP contribution in [-0.2, 0) is 0 Å². The molecule has 0 atom stereocenters. The van der Waals surface area contributed by atoms with E-state index in [4.69, 9.17) is 11.6 Å². The number of aromatic nitrogens is 1. The summed E-state index contributed by atoms with van der Waals surface area (Å²) < 4.78 is 0. The zero-order valence-electron chi connectivity index (χ0n) is 10.5. The Morgan fingerprint density at radius 1 is 1.59 bits per heavy atom. The van der Waals surface area contributed by atoms with E-state index in [0.29, 0.717) is 17.1 Å². The Hall–Kier alpha value is -1.13. The molecule has 0 aliphatic rings. The number of nitrogens with zero attached hydrogens (tertiary/aromatic N) is 2. The van der Waals surface area contributed by atoms with Crippen molar-refractivity contribution in [1.82, 2.24) is 15.2 Å². The Bertz CT molecular complexity index is 395. The summed E-state index contributed by atoms with van der Waals surface area (Å²) in [6.45, 7) is 3.43. The molecule has 5 heteroatoms. The maximum Gasteiger partial charge on any atom is 0.256 e. The van der Waals surface area contributed by atoms with E-state index in [-0.39, 0.29) is 5.91 Å². The number of hydrogen-bond acceptors (Lipinski definition) is 3. The van der Waals surface area contributed by atoms with Crippen molar-refractivity contribution in [3.63, 3.8) is 0 Å². The Morgan fingerprint density at radius 3 is 2.88 bits per heavy atom. The van der Waals surface area contributed by atoms with Crippen LogP contribution in [-0.4, -0.2) is 43.0 Å². The van der Waals surface area contributed by atoms with Crippen LogP contribution in [0.5, 0.6) is 0 Å². The highest BCUT2D eigenvalue weighted by molar-refractivity contribution is 6.33. The van der Waals surface area contributed by atoms with Gasteiger partial charge < -0.3 is 10.2 Å². The Labute approximate surface area is 107 Å². The molecule has 0 bridgehead atoms. The van der Waals surface area contributed by atoms with Gasteiger partial charge in [0.25, 0.3) is 5.91 Å². The van der Waals surface area contributed by atoms with Gasteiger partial charge in [-0.25, -0.2) is 0 Å². The molecule has 1 aromatic heterocycles. The van der Waals surface area contributed by atoms with Crippen LogP contribution in [0.25, 0.3) is 0 Å². The van der Waals surface area contributed by atoms with E-state index in [1.807, 2.05) is 14.0 Å². The van der Waals surface area contributed by atoms with Gasteiger partial charge in [0, 0.05) is 25.5 Å². The molecule has 17 heavy (non-hydrogen) atoms. The maximum atomic E-state index is 12.1. The quantitative estimate of drug-likeness (QED) is 0.815. The molecule has 0 aromatic carbocycles. The number of carbonyl (C=O) groups excluding carboxylic acids is 1. The van der Waals surface area contributed by atoms with E-state index in [2.05, 4.69) is 10.3 Å². The largest absolute Gasteiger partial charge is 0.342 e. The van der Waals surface area contributed by atoms with Crippen LogP contribution in [0, 0.1) is 6.92 Å². The van der Waals surface area contributed by atoms with Crippen molar-refractivity contribution in [2.75, 3.05) is 27.2 Å². The zero-order valence-corrected chi connectivity index (χ0v) is 11.2. The third-order valence-electron chi connectivity index (χ3n) is 2.49. The molecule has 0 saturated carbocycles. The monoisotopic (exact) mass is 255 g/mol. The number of nitrogens with one attached hydrogen (secondary N) is 1. The fraction of sp³-hybridized carbons (Fsp3) is 0.500. The summed E-state index contributed by atoms with van der Waals surface area (Å²) in [5.41, 5.74) is 1.27. The number of aryl methyl sites for hydroxylation is 1. The first-order chi connectivity index (χ1) is 8.06. The highest BCUT2D eigenvalue weighted by atomic mass is 35.5. The first kappa shape index (κ1) is 13.9. The van der Waals surface area contributed by atoms with Crippen molar-refractivity contribution in [3.8, 4) is 0 Å². The van der Waals surface area contributed by atoms with E-state index >= 15 is 0 Å². The number of halogens is 1. The second-order valence-corrected chi connectivity index (χ2v) is 4.40. The number of rotatable bonds is 5. The smallest absolute Gasteiger partial charge is 0.256 e. The van der Waals surface area contributed by atoms with Crippen molar-refractivity contribution in [2.45, 2.75) is 13.3 Å². The maximum absolute atomic E-state index is 12.1. The summed E-state index contributed by atoms with van der Waals surface area (Å²) in [7, 11) is 3.66. The minimum absolute atomic E-state index is 0.0846. The highest BCUT2D eigenvalue weighted by Crippen LogP contribution is 2.17. The molecule has 94 valence electrons. The lowest BCUT2D eigenvalue weighted by atomic mass is 10.2. The van der Waals surface area contributed by atoms with Crippen LogP contribution in [0.2, 0.25) is 5.02 Å². The first-order valence-electron chi connectivity index (χ1n) is 5.58.